The third kappa shape index (κ3) is 3.30. The van der Waals surface area contributed by atoms with E-state index in [0.717, 1.165) is 5.56 Å². The Hall–Kier alpha value is -2.44. The summed E-state index contributed by atoms with van der Waals surface area (Å²) < 4.78 is 13.2. The highest BCUT2D eigenvalue weighted by atomic mass is 19.1. The molecule has 4 unspecified atom stereocenters. The number of hydrogen-bond donors (Lipinski definition) is 1. The lowest BCUT2D eigenvalue weighted by Gasteiger charge is -2.37. The SMILES string of the molecule is CC1CN(C(=O)C2CC(=O)N(C)C2c2ccc(F)cc2)CCC1C(=O)O. The van der Waals surface area contributed by atoms with Crippen molar-refractivity contribution in [3.8, 4) is 0 Å². The fourth-order valence-corrected chi connectivity index (χ4v) is 4.15. The molecule has 1 N–H and O–H groups in total. The third-order valence-electron chi connectivity index (χ3n) is 5.65. The zero-order valence-corrected chi connectivity index (χ0v) is 14.9. The molecule has 0 bridgehead atoms. The van der Waals surface area contributed by atoms with Crippen LogP contribution in [0, 0.1) is 23.6 Å². The van der Waals surface area contributed by atoms with Gasteiger partial charge >= 0.3 is 5.97 Å². The molecular formula is C19H23FN2O4. The first-order valence-corrected chi connectivity index (χ1v) is 8.82. The molecule has 0 aliphatic carbocycles. The van der Waals surface area contributed by atoms with Gasteiger partial charge in [-0.1, -0.05) is 19.1 Å². The quantitative estimate of drug-likeness (QED) is 0.891. The van der Waals surface area contributed by atoms with Crippen LogP contribution in [0.3, 0.4) is 0 Å². The average Bonchev–Trinajstić information content (AvgIpc) is 2.90. The lowest BCUT2D eigenvalue weighted by Crippen LogP contribution is -2.47. The van der Waals surface area contributed by atoms with Gasteiger partial charge in [-0.25, -0.2) is 4.39 Å². The molecule has 7 heteroatoms. The largest absolute Gasteiger partial charge is 0.481 e. The Morgan fingerprint density at radius 1 is 1.19 bits per heavy atom. The van der Waals surface area contributed by atoms with Crippen molar-refractivity contribution in [2.45, 2.75) is 25.8 Å². The third-order valence-corrected chi connectivity index (χ3v) is 5.65. The predicted octanol–water partition coefficient (Wildman–Crippen LogP) is 1.91. The van der Waals surface area contributed by atoms with Gasteiger partial charge in [-0.2, -0.15) is 0 Å². The number of benzene rings is 1. The van der Waals surface area contributed by atoms with Gasteiger partial charge < -0.3 is 14.9 Å². The van der Waals surface area contributed by atoms with Crippen molar-refractivity contribution in [2.75, 3.05) is 20.1 Å². The van der Waals surface area contributed by atoms with Gasteiger partial charge in [0.05, 0.1) is 17.9 Å². The highest BCUT2D eigenvalue weighted by molar-refractivity contribution is 5.90. The van der Waals surface area contributed by atoms with Crippen LogP contribution in [-0.4, -0.2) is 52.8 Å². The van der Waals surface area contributed by atoms with Crippen molar-refractivity contribution in [2.24, 2.45) is 17.8 Å². The molecule has 3 rings (SSSR count). The van der Waals surface area contributed by atoms with Crippen LogP contribution < -0.4 is 0 Å². The van der Waals surface area contributed by atoms with Crippen molar-refractivity contribution < 1.29 is 23.9 Å². The molecule has 2 amide bonds. The van der Waals surface area contributed by atoms with E-state index in [-0.39, 0.29) is 30.0 Å². The first kappa shape index (κ1) is 18.4. The van der Waals surface area contributed by atoms with Crippen LogP contribution in [0.4, 0.5) is 4.39 Å². The fraction of sp³-hybridized carbons (Fsp3) is 0.526. The lowest BCUT2D eigenvalue weighted by molar-refractivity contribution is -0.149. The van der Waals surface area contributed by atoms with E-state index >= 15 is 0 Å². The summed E-state index contributed by atoms with van der Waals surface area (Å²) in [5, 5.41) is 9.24. The molecule has 2 aliphatic rings. The summed E-state index contributed by atoms with van der Waals surface area (Å²) in [4.78, 5) is 39.8. The van der Waals surface area contributed by atoms with Crippen molar-refractivity contribution in [1.82, 2.24) is 9.80 Å². The van der Waals surface area contributed by atoms with Crippen molar-refractivity contribution >= 4 is 17.8 Å². The molecule has 26 heavy (non-hydrogen) atoms. The van der Waals surface area contributed by atoms with E-state index in [4.69, 9.17) is 0 Å². The fourth-order valence-electron chi connectivity index (χ4n) is 4.15. The number of carbonyl (C=O) groups excluding carboxylic acids is 2. The number of rotatable bonds is 3. The highest BCUT2D eigenvalue weighted by Gasteiger charge is 2.45. The van der Waals surface area contributed by atoms with Crippen molar-refractivity contribution in [3.05, 3.63) is 35.6 Å². The van der Waals surface area contributed by atoms with Gasteiger partial charge in [-0.3, -0.25) is 14.4 Å². The number of carboxylic acid groups (broad SMARTS) is 1. The highest BCUT2D eigenvalue weighted by Crippen LogP contribution is 2.39. The molecule has 2 heterocycles. The molecule has 1 aromatic carbocycles. The molecule has 0 spiro atoms. The maximum atomic E-state index is 13.2. The average molecular weight is 362 g/mol. The van der Waals surface area contributed by atoms with E-state index in [0.29, 0.717) is 19.5 Å². The Morgan fingerprint density at radius 3 is 2.42 bits per heavy atom. The number of aliphatic carboxylic acids is 1. The van der Waals surface area contributed by atoms with E-state index in [9.17, 15) is 23.9 Å². The summed E-state index contributed by atoms with van der Waals surface area (Å²) in [6, 6.07) is 5.44. The number of halogens is 1. The van der Waals surface area contributed by atoms with Crippen LogP contribution in [0.15, 0.2) is 24.3 Å². The lowest BCUT2D eigenvalue weighted by atomic mass is 9.85. The Kier molecular flexibility index (Phi) is 4.98. The molecule has 1 aromatic rings. The predicted molar refractivity (Wildman–Crippen MR) is 91.5 cm³/mol. The Morgan fingerprint density at radius 2 is 1.85 bits per heavy atom. The minimum absolute atomic E-state index is 0.116. The second-order valence-corrected chi connectivity index (χ2v) is 7.31. The Bertz CT molecular complexity index is 721. The molecule has 0 saturated carbocycles. The second kappa shape index (κ2) is 7.05. The first-order valence-electron chi connectivity index (χ1n) is 8.82. The monoisotopic (exact) mass is 362 g/mol. The maximum absolute atomic E-state index is 13.2. The topological polar surface area (TPSA) is 77.9 Å². The summed E-state index contributed by atoms with van der Waals surface area (Å²) in [6.07, 6.45) is 0.532. The van der Waals surface area contributed by atoms with Crippen molar-refractivity contribution in [3.63, 3.8) is 0 Å². The summed E-state index contributed by atoms with van der Waals surface area (Å²) in [5.74, 6) is -2.56. The smallest absolute Gasteiger partial charge is 0.306 e. The van der Waals surface area contributed by atoms with Gasteiger partial charge in [0, 0.05) is 26.6 Å². The number of carbonyl (C=O) groups is 3. The summed E-state index contributed by atoms with van der Waals surface area (Å²) in [5.41, 5.74) is 0.728. The molecule has 0 aromatic heterocycles. The van der Waals surface area contributed by atoms with Gasteiger partial charge in [-0.15, -0.1) is 0 Å². The van der Waals surface area contributed by atoms with Gasteiger partial charge in [0.25, 0.3) is 0 Å². The van der Waals surface area contributed by atoms with E-state index in [1.165, 1.54) is 12.1 Å². The molecule has 6 nitrogen and oxygen atoms in total. The Labute approximate surface area is 151 Å². The number of carboxylic acids is 1. The van der Waals surface area contributed by atoms with Gasteiger partial charge in [0.2, 0.25) is 11.8 Å². The second-order valence-electron chi connectivity index (χ2n) is 7.31. The zero-order valence-electron chi connectivity index (χ0n) is 14.9. The summed E-state index contributed by atoms with van der Waals surface area (Å²) in [7, 11) is 1.66. The summed E-state index contributed by atoms with van der Waals surface area (Å²) >= 11 is 0. The van der Waals surface area contributed by atoms with E-state index in [1.54, 1.807) is 29.0 Å². The van der Waals surface area contributed by atoms with Crippen LogP contribution in [0.2, 0.25) is 0 Å². The normalized spacial score (nSPS) is 29.1. The van der Waals surface area contributed by atoms with Crippen LogP contribution in [-0.2, 0) is 14.4 Å². The van der Waals surface area contributed by atoms with E-state index < -0.39 is 23.8 Å². The van der Waals surface area contributed by atoms with Gasteiger partial charge in [-0.05, 0) is 30.0 Å². The van der Waals surface area contributed by atoms with Gasteiger partial charge in [0.1, 0.15) is 5.82 Å². The summed E-state index contributed by atoms with van der Waals surface area (Å²) in [6.45, 7) is 2.59. The van der Waals surface area contributed by atoms with E-state index in [1.807, 2.05) is 6.92 Å². The first-order chi connectivity index (χ1) is 12.3. The van der Waals surface area contributed by atoms with Crippen LogP contribution in [0.25, 0.3) is 0 Å². The zero-order chi connectivity index (χ0) is 19.0. The number of nitrogens with zero attached hydrogens (tertiary/aromatic N) is 2. The molecule has 0 radical (unpaired) electrons. The van der Waals surface area contributed by atoms with E-state index in [2.05, 4.69) is 0 Å². The molecule has 2 saturated heterocycles. The molecule has 2 aliphatic heterocycles. The number of hydrogen-bond acceptors (Lipinski definition) is 3. The molecule has 2 fully saturated rings. The maximum Gasteiger partial charge on any atom is 0.306 e. The van der Waals surface area contributed by atoms with Crippen LogP contribution >= 0.6 is 0 Å². The Balaban J connectivity index is 1.80. The molecule has 140 valence electrons. The number of likely N-dealkylation sites (tertiary alicyclic amines) is 2. The van der Waals surface area contributed by atoms with Crippen LogP contribution in [0.5, 0.6) is 0 Å². The minimum atomic E-state index is -0.829. The standard InChI is InChI=1S/C19H23FN2O4/c1-11-10-22(8-7-14(11)19(25)26)18(24)15-9-16(23)21(2)17(15)12-3-5-13(20)6-4-12/h3-6,11,14-15,17H,7-10H2,1-2H3,(H,25,26). The number of piperidine rings is 1. The molecular weight excluding hydrogens is 339 g/mol. The van der Waals surface area contributed by atoms with Crippen molar-refractivity contribution in [1.29, 1.82) is 0 Å². The van der Waals surface area contributed by atoms with Crippen LogP contribution in [0.1, 0.15) is 31.4 Å². The minimum Gasteiger partial charge on any atom is -0.481 e. The van der Waals surface area contributed by atoms with Gasteiger partial charge in [0.15, 0.2) is 0 Å². The number of amides is 2. The molecule has 4 atom stereocenters.